The number of carbonyl (C=O) groups is 1. The van der Waals surface area contributed by atoms with Crippen molar-refractivity contribution in [1.29, 1.82) is 0 Å². The number of rotatable bonds is 2. The molecule has 0 aromatic heterocycles. The van der Waals surface area contributed by atoms with E-state index in [1.165, 1.54) is 0 Å². The number of phenols is 1. The van der Waals surface area contributed by atoms with E-state index in [-0.39, 0.29) is 5.75 Å². The van der Waals surface area contributed by atoms with Gasteiger partial charge in [0.1, 0.15) is 5.75 Å². The van der Waals surface area contributed by atoms with E-state index < -0.39 is 26.5 Å². The molecule has 1 aromatic rings. The summed E-state index contributed by atoms with van der Waals surface area (Å²) in [7, 11) is -4.14. The van der Waals surface area contributed by atoms with E-state index in [1.54, 1.807) is 0 Å². The molecule has 0 radical (unpaired) electrons. The van der Waals surface area contributed by atoms with Gasteiger partial charge in [-0.15, -0.1) is 0 Å². The van der Waals surface area contributed by atoms with Crippen LogP contribution in [0.5, 0.6) is 5.75 Å². The number of hydrogen-bond donors (Lipinski definition) is 3. The van der Waals surface area contributed by atoms with Gasteiger partial charge in [0.15, 0.2) is 0 Å². The number of carboxylic acids is 1. The highest BCUT2D eigenvalue weighted by Crippen LogP contribution is 2.20. The van der Waals surface area contributed by atoms with Gasteiger partial charge in [0, 0.05) is 6.07 Å². The average molecular weight is 217 g/mol. The van der Waals surface area contributed by atoms with Crippen LogP contribution in [0.2, 0.25) is 0 Å². The van der Waals surface area contributed by atoms with Crippen LogP contribution < -0.4 is 5.14 Å². The summed E-state index contributed by atoms with van der Waals surface area (Å²) in [5, 5.41) is 22.3. The molecule has 0 aliphatic rings. The Kier molecular flexibility index (Phi) is 2.45. The Labute approximate surface area is 79.6 Å². The fourth-order valence-corrected chi connectivity index (χ4v) is 1.67. The minimum atomic E-state index is -4.14. The van der Waals surface area contributed by atoms with Gasteiger partial charge in [-0.1, -0.05) is 0 Å². The molecule has 0 amide bonds. The molecule has 1 aromatic carbocycles. The molecule has 6 nitrogen and oxygen atoms in total. The number of benzene rings is 1. The normalized spacial score (nSPS) is 11.2. The van der Waals surface area contributed by atoms with Crippen LogP contribution in [0.25, 0.3) is 0 Å². The summed E-state index contributed by atoms with van der Waals surface area (Å²) in [6, 6.07) is 2.83. The minimum absolute atomic E-state index is 0.362. The highest BCUT2D eigenvalue weighted by atomic mass is 32.2. The minimum Gasteiger partial charge on any atom is -0.508 e. The molecule has 1 rings (SSSR count). The highest BCUT2D eigenvalue weighted by Gasteiger charge is 2.19. The van der Waals surface area contributed by atoms with Crippen molar-refractivity contribution in [3.05, 3.63) is 23.8 Å². The maximum Gasteiger partial charge on any atom is 0.337 e. The first-order valence-corrected chi connectivity index (χ1v) is 4.96. The second-order valence-electron chi connectivity index (χ2n) is 2.53. The average Bonchev–Trinajstić information content (AvgIpc) is 2.01. The third kappa shape index (κ3) is 2.01. The summed E-state index contributed by atoms with van der Waals surface area (Å²) in [5.41, 5.74) is -0.467. The molecule has 0 aliphatic heterocycles. The molecule has 76 valence electrons. The zero-order valence-corrected chi connectivity index (χ0v) is 7.65. The molecular weight excluding hydrogens is 210 g/mol. The largest absolute Gasteiger partial charge is 0.508 e. The topological polar surface area (TPSA) is 118 Å². The van der Waals surface area contributed by atoms with Gasteiger partial charge in [0.05, 0.1) is 10.5 Å². The number of hydrogen-bond acceptors (Lipinski definition) is 4. The molecule has 0 saturated carbocycles. The first-order chi connectivity index (χ1) is 6.32. The summed E-state index contributed by atoms with van der Waals surface area (Å²) in [4.78, 5) is 9.97. The van der Waals surface area contributed by atoms with Gasteiger partial charge in [-0.3, -0.25) is 0 Å². The number of carboxylic acid groups (broad SMARTS) is 1. The molecule has 0 bridgehead atoms. The molecule has 0 saturated heterocycles. The van der Waals surface area contributed by atoms with Crippen LogP contribution in [-0.4, -0.2) is 24.6 Å². The molecular formula is C7H7NO5S. The van der Waals surface area contributed by atoms with Crippen LogP contribution in [0.4, 0.5) is 0 Å². The molecule has 0 spiro atoms. The molecule has 0 aliphatic carbocycles. The van der Waals surface area contributed by atoms with E-state index in [0.717, 1.165) is 18.2 Å². The van der Waals surface area contributed by atoms with Gasteiger partial charge in [-0.2, -0.15) is 0 Å². The zero-order chi connectivity index (χ0) is 10.9. The Morgan fingerprint density at radius 3 is 2.36 bits per heavy atom. The van der Waals surface area contributed by atoms with Gasteiger partial charge < -0.3 is 10.2 Å². The molecule has 0 unspecified atom stereocenters. The van der Waals surface area contributed by atoms with Crippen LogP contribution >= 0.6 is 0 Å². The number of aromatic carboxylic acids is 1. The van der Waals surface area contributed by atoms with Crippen molar-refractivity contribution in [3.8, 4) is 5.75 Å². The predicted molar refractivity (Wildman–Crippen MR) is 46.4 cm³/mol. The van der Waals surface area contributed by atoms with Crippen molar-refractivity contribution < 1.29 is 23.4 Å². The summed E-state index contributed by atoms with van der Waals surface area (Å²) in [6.45, 7) is 0. The third-order valence-corrected chi connectivity index (χ3v) is 2.45. The smallest absolute Gasteiger partial charge is 0.337 e. The second-order valence-corrected chi connectivity index (χ2v) is 4.06. The van der Waals surface area contributed by atoms with Crippen LogP contribution in [0, 0.1) is 0 Å². The Bertz CT molecular complexity index is 479. The lowest BCUT2D eigenvalue weighted by molar-refractivity contribution is 0.0692. The van der Waals surface area contributed by atoms with Crippen LogP contribution in [-0.2, 0) is 10.0 Å². The van der Waals surface area contributed by atoms with E-state index in [9.17, 15) is 13.2 Å². The molecule has 14 heavy (non-hydrogen) atoms. The lowest BCUT2D eigenvalue weighted by Crippen LogP contribution is -2.16. The van der Waals surface area contributed by atoms with Crippen molar-refractivity contribution in [2.45, 2.75) is 4.90 Å². The third-order valence-electron chi connectivity index (χ3n) is 1.50. The Morgan fingerprint density at radius 2 is 1.93 bits per heavy atom. The van der Waals surface area contributed by atoms with Gasteiger partial charge >= 0.3 is 5.97 Å². The van der Waals surface area contributed by atoms with Gasteiger partial charge in [0.2, 0.25) is 10.0 Å². The molecule has 7 heteroatoms. The van der Waals surface area contributed by atoms with Crippen LogP contribution in [0.1, 0.15) is 10.4 Å². The standard InChI is InChI=1S/C7H7NO5S/c8-14(12,13)6-3-4(9)1-2-5(6)7(10)11/h1-3,9H,(H,10,11)(H2,8,12,13). The predicted octanol–water partition coefficient (Wildman–Crippen LogP) is -0.262. The Balaban J connectivity index is 3.54. The molecule has 4 N–H and O–H groups in total. The first-order valence-electron chi connectivity index (χ1n) is 3.41. The molecule has 0 atom stereocenters. The fraction of sp³-hybridized carbons (Fsp3) is 0. The summed E-state index contributed by atoms with van der Waals surface area (Å²) < 4.78 is 21.8. The number of nitrogens with two attached hydrogens (primary N) is 1. The quantitative estimate of drug-likeness (QED) is 0.630. The number of aromatic hydroxyl groups is 1. The number of sulfonamides is 1. The highest BCUT2D eigenvalue weighted by molar-refractivity contribution is 7.89. The zero-order valence-electron chi connectivity index (χ0n) is 6.84. The van der Waals surface area contributed by atoms with E-state index in [0.29, 0.717) is 0 Å². The monoisotopic (exact) mass is 217 g/mol. The summed E-state index contributed by atoms with van der Waals surface area (Å²) in [6.07, 6.45) is 0. The van der Waals surface area contributed by atoms with Crippen molar-refractivity contribution in [2.24, 2.45) is 5.14 Å². The van der Waals surface area contributed by atoms with Crippen LogP contribution in [0.15, 0.2) is 23.1 Å². The summed E-state index contributed by atoms with van der Waals surface area (Å²) in [5.74, 6) is -1.78. The van der Waals surface area contributed by atoms with Gasteiger partial charge in [0.25, 0.3) is 0 Å². The van der Waals surface area contributed by atoms with E-state index in [1.807, 2.05) is 0 Å². The van der Waals surface area contributed by atoms with E-state index in [4.69, 9.17) is 15.4 Å². The second kappa shape index (κ2) is 3.28. The maximum absolute atomic E-state index is 10.9. The molecule has 0 fully saturated rings. The first kappa shape index (κ1) is 10.5. The molecule has 0 heterocycles. The summed E-state index contributed by atoms with van der Waals surface area (Å²) >= 11 is 0. The Hall–Kier alpha value is -1.60. The van der Waals surface area contributed by atoms with Crippen molar-refractivity contribution in [1.82, 2.24) is 0 Å². The van der Waals surface area contributed by atoms with Gasteiger partial charge in [-0.25, -0.2) is 18.4 Å². The number of primary sulfonamides is 1. The van der Waals surface area contributed by atoms with E-state index >= 15 is 0 Å². The SMILES string of the molecule is NS(=O)(=O)c1cc(O)ccc1C(=O)O. The fourth-order valence-electron chi connectivity index (χ4n) is 0.923. The lowest BCUT2D eigenvalue weighted by atomic mass is 10.2. The number of phenolic OH excluding ortho intramolecular Hbond substituents is 1. The maximum atomic E-state index is 10.9. The van der Waals surface area contributed by atoms with Crippen molar-refractivity contribution in [3.63, 3.8) is 0 Å². The van der Waals surface area contributed by atoms with Crippen molar-refractivity contribution >= 4 is 16.0 Å². The Morgan fingerprint density at radius 1 is 1.36 bits per heavy atom. The van der Waals surface area contributed by atoms with Crippen LogP contribution in [0.3, 0.4) is 0 Å². The lowest BCUT2D eigenvalue weighted by Gasteiger charge is -2.03. The van der Waals surface area contributed by atoms with Gasteiger partial charge in [-0.05, 0) is 12.1 Å². The van der Waals surface area contributed by atoms with E-state index in [2.05, 4.69) is 0 Å². The van der Waals surface area contributed by atoms with Crippen molar-refractivity contribution in [2.75, 3.05) is 0 Å².